The number of nitrogens with zero attached hydrogens (tertiary/aromatic N) is 1. The summed E-state index contributed by atoms with van der Waals surface area (Å²) in [5.74, 6) is 0.476. The molecule has 0 fully saturated rings. The second kappa shape index (κ2) is 10.5. The minimum Gasteiger partial charge on any atom is -0.496 e. The van der Waals surface area contributed by atoms with Gasteiger partial charge in [-0.15, -0.1) is 0 Å². The van der Waals surface area contributed by atoms with Crippen LogP contribution < -0.4 is 9.47 Å². The van der Waals surface area contributed by atoms with Crippen molar-refractivity contribution in [1.82, 2.24) is 4.57 Å². The van der Waals surface area contributed by atoms with Crippen LogP contribution >= 0.6 is 0 Å². The quantitative estimate of drug-likeness (QED) is 0.221. The molecule has 0 saturated heterocycles. The number of fused-ring (bicyclic) bond motifs is 4. The molecule has 1 aromatic heterocycles. The second-order valence-corrected chi connectivity index (χ2v) is 10.2. The molecule has 1 heterocycles. The zero-order valence-corrected chi connectivity index (χ0v) is 22.9. The summed E-state index contributed by atoms with van der Waals surface area (Å²) >= 11 is 0. The first-order valence-electron chi connectivity index (χ1n) is 13.5. The van der Waals surface area contributed by atoms with Crippen LogP contribution in [0, 0.1) is 6.92 Å². The van der Waals surface area contributed by atoms with Crippen molar-refractivity contribution in [1.29, 1.82) is 0 Å². The van der Waals surface area contributed by atoms with Crippen LogP contribution in [0.4, 0.5) is 0 Å². The molecule has 202 valence electrons. The highest BCUT2D eigenvalue weighted by Crippen LogP contribution is 2.42. The van der Waals surface area contributed by atoms with E-state index in [1.54, 1.807) is 18.8 Å². The number of carbonyl (C=O) groups excluding carboxylic acids is 2. The summed E-state index contributed by atoms with van der Waals surface area (Å²) in [6.45, 7) is 2.13. The maximum Gasteiger partial charge on any atom is 0.313 e. The van der Waals surface area contributed by atoms with E-state index in [9.17, 15) is 9.59 Å². The molecule has 5 aromatic rings. The van der Waals surface area contributed by atoms with Gasteiger partial charge in [-0.25, -0.2) is 0 Å². The van der Waals surface area contributed by atoms with Crippen LogP contribution in [0.5, 0.6) is 11.5 Å². The van der Waals surface area contributed by atoms with Crippen molar-refractivity contribution >= 4 is 33.6 Å². The Morgan fingerprint density at radius 3 is 2.40 bits per heavy atom. The van der Waals surface area contributed by atoms with Crippen LogP contribution in [0.2, 0.25) is 0 Å². The number of esters is 1. The van der Waals surface area contributed by atoms with Gasteiger partial charge >= 0.3 is 5.97 Å². The lowest BCUT2D eigenvalue weighted by atomic mass is 9.85. The van der Waals surface area contributed by atoms with E-state index in [2.05, 4.69) is 0 Å². The van der Waals surface area contributed by atoms with Gasteiger partial charge in [-0.2, -0.15) is 0 Å². The number of ether oxygens (including phenoxy) is 3. The summed E-state index contributed by atoms with van der Waals surface area (Å²) < 4.78 is 19.0. The normalized spacial score (nSPS) is 14.6. The number of hydrogen-bond donors (Lipinski definition) is 0. The van der Waals surface area contributed by atoms with E-state index in [4.69, 9.17) is 14.2 Å². The highest BCUT2D eigenvalue weighted by molar-refractivity contribution is 6.09. The Labute approximate surface area is 233 Å². The third kappa shape index (κ3) is 4.20. The van der Waals surface area contributed by atoms with Crippen molar-refractivity contribution in [2.75, 3.05) is 14.2 Å². The van der Waals surface area contributed by atoms with Crippen molar-refractivity contribution in [3.8, 4) is 11.5 Å². The average Bonchev–Trinajstić information content (AvgIpc) is 3.34. The molecule has 6 rings (SSSR count). The molecule has 0 amide bonds. The van der Waals surface area contributed by atoms with E-state index >= 15 is 0 Å². The van der Waals surface area contributed by atoms with Crippen LogP contribution in [0.15, 0.2) is 78.9 Å². The third-order valence-electron chi connectivity index (χ3n) is 7.98. The summed E-state index contributed by atoms with van der Waals surface area (Å²) in [4.78, 5) is 27.9. The molecule has 1 atom stereocenters. The molecule has 4 aromatic carbocycles. The minimum absolute atomic E-state index is 0.153. The Hall–Kier alpha value is -4.58. The first kappa shape index (κ1) is 25.7. The summed E-state index contributed by atoms with van der Waals surface area (Å²) in [5.41, 5.74) is 4.80. The Kier molecular flexibility index (Phi) is 6.76. The SMILES string of the molecule is COc1cccc2c(OC)c(C)c(C(=O)n3c4c(c5ccccc53)C(C(=O)OCc3ccccc3)CCC4)cc12. The lowest BCUT2D eigenvalue weighted by molar-refractivity contribution is -0.147. The van der Waals surface area contributed by atoms with Gasteiger partial charge in [0.15, 0.2) is 0 Å². The molecule has 0 N–H and O–H groups in total. The largest absolute Gasteiger partial charge is 0.496 e. The first-order chi connectivity index (χ1) is 19.5. The predicted molar refractivity (Wildman–Crippen MR) is 155 cm³/mol. The molecule has 40 heavy (non-hydrogen) atoms. The topological polar surface area (TPSA) is 66.8 Å². The molecule has 0 bridgehead atoms. The fourth-order valence-corrected chi connectivity index (χ4v) is 6.12. The van der Waals surface area contributed by atoms with Crippen LogP contribution in [-0.4, -0.2) is 30.7 Å². The molecule has 1 unspecified atom stereocenters. The number of carbonyl (C=O) groups is 2. The minimum atomic E-state index is -0.432. The monoisotopic (exact) mass is 533 g/mol. The van der Waals surface area contributed by atoms with E-state index < -0.39 is 5.92 Å². The van der Waals surface area contributed by atoms with Gasteiger partial charge in [-0.05, 0) is 55.5 Å². The highest BCUT2D eigenvalue weighted by Gasteiger charge is 2.35. The lowest BCUT2D eigenvalue weighted by Crippen LogP contribution is -2.23. The number of para-hydroxylation sites is 1. The van der Waals surface area contributed by atoms with Gasteiger partial charge in [0.1, 0.15) is 18.1 Å². The molecular weight excluding hydrogens is 502 g/mol. The smallest absolute Gasteiger partial charge is 0.313 e. The van der Waals surface area contributed by atoms with E-state index in [0.717, 1.165) is 50.5 Å². The second-order valence-electron chi connectivity index (χ2n) is 10.2. The van der Waals surface area contributed by atoms with Gasteiger partial charge in [0.05, 0.1) is 25.7 Å². The maximum atomic E-state index is 14.5. The molecule has 6 nitrogen and oxygen atoms in total. The van der Waals surface area contributed by atoms with Crippen LogP contribution in [0.3, 0.4) is 0 Å². The van der Waals surface area contributed by atoms with Gasteiger partial charge in [0.2, 0.25) is 0 Å². The van der Waals surface area contributed by atoms with E-state index in [-0.39, 0.29) is 18.5 Å². The zero-order valence-electron chi connectivity index (χ0n) is 22.9. The van der Waals surface area contributed by atoms with E-state index in [1.165, 1.54) is 0 Å². The van der Waals surface area contributed by atoms with Crippen molar-refractivity contribution < 1.29 is 23.8 Å². The highest BCUT2D eigenvalue weighted by atomic mass is 16.5. The van der Waals surface area contributed by atoms with Gasteiger partial charge in [0, 0.05) is 33.0 Å². The molecule has 0 aliphatic heterocycles. The maximum absolute atomic E-state index is 14.5. The number of aromatic nitrogens is 1. The summed E-state index contributed by atoms with van der Waals surface area (Å²) in [7, 11) is 3.24. The van der Waals surface area contributed by atoms with Crippen LogP contribution in [0.1, 0.15) is 51.5 Å². The van der Waals surface area contributed by atoms with Crippen LogP contribution in [-0.2, 0) is 22.6 Å². The molecule has 6 heteroatoms. The van der Waals surface area contributed by atoms with Gasteiger partial charge in [-0.3, -0.25) is 14.2 Å². The third-order valence-corrected chi connectivity index (χ3v) is 7.98. The molecule has 0 saturated carbocycles. The summed E-state index contributed by atoms with van der Waals surface area (Å²) in [6.07, 6.45) is 2.17. The molecule has 0 radical (unpaired) electrons. The molecule has 0 spiro atoms. The van der Waals surface area contributed by atoms with E-state index in [0.29, 0.717) is 29.9 Å². The van der Waals surface area contributed by atoms with Crippen molar-refractivity contribution in [3.05, 3.63) is 107 Å². The molecule has 1 aliphatic carbocycles. The fraction of sp³-hybridized carbons (Fsp3) is 0.235. The molecule has 1 aliphatic rings. The average molecular weight is 534 g/mol. The van der Waals surface area contributed by atoms with Gasteiger partial charge in [-0.1, -0.05) is 60.7 Å². The number of hydrogen-bond acceptors (Lipinski definition) is 5. The number of methoxy groups -OCH3 is 2. The fourth-order valence-electron chi connectivity index (χ4n) is 6.12. The predicted octanol–water partition coefficient (Wildman–Crippen LogP) is 6.97. The van der Waals surface area contributed by atoms with Gasteiger partial charge < -0.3 is 14.2 Å². The standard InChI is InChI=1S/C34H31NO5/c1-21-26(19-27-23(32(21)39-3)14-10-18-30(27)38-2)33(36)35-28-16-8-7-13-24(28)31-25(15-9-17-29(31)35)34(37)40-20-22-11-5-4-6-12-22/h4-8,10-14,16,18-19,25H,9,15,17,20H2,1-3H3. The van der Waals surface area contributed by atoms with Crippen LogP contribution in [0.25, 0.3) is 21.7 Å². The number of rotatable bonds is 6. The first-order valence-corrected chi connectivity index (χ1v) is 13.5. The van der Waals surface area contributed by atoms with Crippen molar-refractivity contribution in [3.63, 3.8) is 0 Å². The summed E-state index contributed by atoms with van der Waals surface area (Å²) in [6, 6.07) is 25.2. The number of benzene rings is 4. The Balaban J connectivity index is 1.47. The molecular formula is C34H31NO5. The van der Waals surface area contributed by atoms with Crippen molar-refractivity contribution in [2.45, 2.75) is 38.7 Å². The Morgan fingerprint density at radius 1 is 0.875 bits per heavy atom. The zero-order chi connectivity index (χ0) is 27.8. The summed E-state index contributed by atoms with van der Waals surface area (Å²) in [5, 5.41) is 2.61. The Morgan fingerprint density at radius 2 is 1.62 bits per heavy atom. The van der Waals surface area contributed by atoms with E-state index in [1.807, 2.05) is 85.8 Å². The Bertz CT molecular complexity index is 1750. The lowest BCUT2D eigenvalue weighted by Gasteiger charge is -2.23. The van der Waals surface area contributed by atoms with Crippen molar-refractivity contribution in [2.24, 2.45) is 0 Å². The van der Waals surface area contributed by atoms with Gasteiger partial charge in [0.25, 0.3) is 5.91 Å².